The molecule has 3 aliphatic rings. The highest BCUT2D eigenvalue weighted by atomic mass is 33.1. The smallest absolute Gasteiger partial charge is 0.481 e. The fraction of sp³-hybridized carbons (Fsp3) is 0.516. The Kier molecular flexibility index (Phi) is 29.2. The molecule has 2 aromatic carbocycles. The second kappa shape index (κ2) is 36.3. The van der Waals surface area contributed by atoms with Crippen molar-refractivity contribution in [1.29, 1.82) is 0 Å². The first kappa shape index (κ1) is 78.9. The maximum atomic E-state index is 14.0. The van der Waals surface area contributed by atoms with Crippen LogP contribution >= 0.6 is 45.1 Å². The Balaban J connectivity index is 0.921. The van der Waals surface area contributed by atoms with Crippen LogP contribution in [0.4, 0.5) is 5.82 Å². The van der Waals surface area contributed by atoms with Crippen molar-refractivity contribution in [3.8, 4) is 17.6 Å². The lowest BCUT2D eigenvalue weighted by Gasteiger charge is -2.38. The van der Waals surface area contributed by atoms with Gasteiger partial charge in [0.1, 0.15) is 53.5 Å². The topological polar surface area (TPSA) is 438 Å². The molecule has 0 radical (unpaired) electrons. The highest BCUT2D eigenvalue weighted by Crippen LogP contribution is 2.66. The number of benzene rings is 2. The summed E-state index contributed by atoms with van der Waals surface area (Å²) in [5, 5.41) is 35.8. The molecule has 4 heterocycles. The molecule has 7 rings (SSSR count). The lowest BCUT2D eigenvalue weighted by atomic mass is 9.73. The van der Waals surface area contributed by atoms with E-state index in [2.05, 4.69) is 114 Å². The highest BCUT2D eigenvalue weighted by Gasteiger charge is 2.44. The van der Waals surface area contributed by atoms with Crippen LogP contribution in [0.3, 0.4) is 0 Å². The van der Waals surface area contributed by atoms with Crippen LogP contribution in [0.2, 0.25) is 0 Å². The van der Waals surface area contributed by atoms with Crippen LogP contribution in [0.15, 0.2) is 77.4 Å². The number of anilines is 1. The second-order valence-electron chi connectivity index (χ2n) is 24.0. The normalized spacial score (nSPS) is 20.1. The number of carboxylic acid groups (broad SMARTS) is 2. The number of aliphatic imine (C=N–C) groups is 1. The van der Waals surface area contributed by atoms with Gasteiger partial charge in [0.05, 0.1) is 47.8 Å². The van der Waals surface area contributed by atoms with Crippen LogP contribution in [-0.4, -0.2) is 158 Å². The Morgan fingerprint density at radius 2 is 1.65 bits per heavy atom. The van der Waals surface area contributed by atoms with Crippen LogP contribution in [0.25, 0.3) is 11.0 Å². The van der Waals surface area contributed by atoms with Crippen molar-refractivity contribution >= 4 is 103 Å². The summed E-state index contributed by atoms with van der Waals surface area (Å²) in [6, 6.07) is 10.1. The van der Waals surface area contributed by atoms with E-state index in [1.165, 1.54) is 49.8 Å². The molecule has 4 aromatic rings. The molecule has 34 heteroatoms. The van der Waals surface area contributed by atoms with Crippen molar-refractivity contribution in [3.63, 3.8) is 0 Å². The van der Waals surface area contributed by atoms with E-state index >= 15 is 0 Å². The number of nitrogens with zero attached hydrogens (tertiary/aromatic N) is 5. The van der Waals surface area contributed by atoms with E-state index in [-0.39, 0.29) is 74.0 Å². The van der Waals surface area contributed by atoms with Crippen LogP contribution in [-0.2, 0) is 73.3 Å². The van der Waals surface area contributed by atoms with E-state index in [1.54, 1.807) is 6.92 Å². The Bertz CT molecular complexity index is 3890. The van der Waals surface area contributed by atoms with Gasteiger partial charge < -0.3 is 70.2 Å². The van der Waals surface area contributed by atoms with Crippen molar-refractivity contribution in [2.45, 2.75) is 161 Å². The first-order valence-corrected chi connectivity index (χ1v) is 39.0. The number of carbonyl (C=O) groups is 6. The van der Waals surface area contributed by atoms with Crippen LogP contribution in [0, 0.1) is 30.6 Å². The highest BCUT2D eigenvalue weighted by molar-refractivity contribution is 8.76. The fourth-order valence-electron chi connectivity index (χ4n) is 11.7. The summed E-state index contributed by atoms with van der Waals surface area (Å²) >= 11 is 0. The molecule has 0 saturated carbocycles. The number of aliphatic hydroxyl groups is 1. The van der Waals surface area contributed by atoms with Crippen molar-refractivity contribution in [1.82, 2.24) is 30.1 Å². The number of aliphatic carboxylic acids is 2. The molecule has 29 nitrogen and oxygen atoms in total. The Labute approximate surface area is 575 Å². The van der Waals surface area contributed by atoms with Gasteiger partial charge in [-0.15, -0.1) is 0 Å². The number of phosphoric ester groups is 1. The maximum absolute atomic E-state index is 14.0. The summed E-state index contributed by atoms with van der Waals surface area (Å²) in [7, 11) is -12.1. The monoisotopic (exact) mass is 1460 g/mol. The number of ketones is 2. The number of carboxylic acids is 2. The molecule has 1 fully saturated rings. The molecule has 0 bridgehead atoms. The number of aryl methyl sites for hydroxylation is 2. The molecule has 1 aliphatic carbocycles. The fourth-order valence-corrected chi connectivity index (χ4v) is 16.9. The van der Waals surface area contributed by atoms with E-state index < -0.39 is 109 Å². The van der Waals surface area contributed by atoms with Crippen molar-refractivity contribution < 1.29 is 100.0 Å². The summed E-state index contributed by atoms with van der Waals surface area (Å²) in [5.41, 5.74) is 14.6. The first-order valence-electron chi connectivity index (χ1n) is 32.0. The number of aliphatic hydroxyl groups excluding tert-OH is 1. The van der Waals surface area contributed by atoms with Gasteiger partial charge in [-0.25, -0.2) is 23.7 Å². The third kappa shape index (κ3) is 22.8. The number of hydrogen-bond donors (Lipinski definition) is 10. The van der Waals surface area contributed by atoms with E-state index in [1.807, 2.05) is 20.0 Å². The van der Waals surface area contributed by atoms with Gasteiger partial charge in [-0.3, -0.25) is 38.3 Å². The van der Waals surface area contributed by atoms with Gasteiger partial charge in [0.15, 0.2) is 5.78 Å². The average molecular weight is 1460 g/mol. The number of fused-ring (bicyclic) bond motifs is 3. The van der Waals surface area contributed by atoms with E-state index in [0.29, 0.717) is 54.9 Å². The predicted octanol–water partition coefficient (Wildman–Crippen LogP) is 8.39. The van der Waals surface area contributed by atoms with Crippen molar-refractivity contribution in [2.24, 2.45) is 16.8 Å². The first-order chi connectivity index (χ1) is 46.4. The second-order valence-corrected chi connectivity index (χ2v) is 31.1. The SMILES string of the molecule is CCCc1cc2c(cc1C)C(c1ccccc1CN(C)CCCC(=O)NC(CCCSSCCC(=O)CCC#Cc1cn([C@H]3CC(O)[C@@H](COP(=O)(O)OP(=O)(O)OP(=O)(O)O)O3)c3ncnc(N)c13)C(=O)NC(CC(=O)O)C(=O)CC(CC)C(=O)O)C1C=C(C)C(=NCC)C=C1O2. The average Bonchev–Trinajstić information content (AvgIpc) is 0.867. The molecule has 10 atom stereocenters. The lowest BCUT2D eigenvalue weighted by molar-refractivity contribution is -0.144. The quantitative estimate of drug-likeness (QED) is 0.00871. The van der Waals surface area contributed by atoms with Gasteiger partial charge in [-0.1, -0.05) is 90.1 Å². The number of aromatic nitrogens is 3. The molecule has 1 saturated heterocycles. The minimum absolute atomic E-state index is 0.0325. The zero-order valence-corrected chi connectivity index (χ0v) is 59.5. The Morgan fingerprint density at radius 1 is 0.908 bits per heavy atom. The van der Waals surface area contributed by atoms with Gasteiger partial charge in [0.2, 0.25) is 11.8 Å². The zero-order chi connectivity index (χ0) is 71.6. The summed E-state index contributed by atoms with van der Waals surface area (Å²) in [5.74, 6) is 2.63. The van der Waals surface area contributed by atoms with Crippen LogP contribution in [0.1, 0.15) is 150 Å². The number of nitrogens with two attached hydrogens (primary N) is 1. The number of allylic oxidation sites excluding steroid dienone is 3. The number of hydrogen-bond acceptors (Lipinski definition) is 22. The minimum Gasteiger partial charge on any atom is -0.481 e. The summed E-state index contributed by atoms with van der Waals surface area (Å²) in [4.78, 5) is 130. The van der Waals surface area contributed by atoms with E-state index in [4.69, 9.17) is 30.0 Å². The molecule has 2 amide bonds. The van der Waals surface area contributed by atoms with E-state index in [0.717, 1.165) is 52.3 Å². The Hall–Kier alpha value is -6.42. The Morgan fingerprint density at radius 3 is 2.36 bits per heavy atom. The lowest BCUT2D eigenvalue weighted by Crippen LogP contribution is -2.52. The number of nitrogens with one attached hydrogen (secondary N) is 2. The van der Waals surface area contributed by atoms with Crippen molar-refractivity contribution in [3.05, 3.63) is 106 Å². The molecule has 8 unspecified atom stereocenters. The molecule has 2 aromatic heterocycles. The van der Waals surface area contributed by atoms with Crippen LogP contribution in [0.5, 0.6) is 5.75 Å². The number of nitrogen functional groups attached to an aromatic ring is 1. The molecular weight excluding hydrogens is 1370 g/mol. The number of ether oxygens (including phenoxy) is 2. The molecule has 2 aliphatic heterocycles. The van der Waals surface area contributed by atoms with Gasteiger partial charge in [-0.2, -0.15) is 8.62 Å². The predicted molar refractivity (Wildman–Crippen MR) is 366 cm³/mol. The number of carbonyl (C=O) groups excluding carboxylic acids is 4. The standard InChI is InChI=1S/C64H85N8O21P3S2/c1-7-16-41-30-53-46(27-38(41)4)60(47-28-39(5)49(66-9-3)31-54(47)90-53)45-20-13-11-17-42(45)34-71(6)24-14-22-56(76)69-48(63(79)70-50(32-58(77)78)51(74)29-40(8-2)64(80)81)21-15-25-97-98-26-23-44(73)19-12-10-18-43-35-72(62-59(43)61(65)67-37-68-62)57-33-52(75)55(91-57)36-89-95(85,86)93-96(87,88)92-94(82,83)84/h11,13,17,20,27-28,30-31,35,37,40,47-48,50,52,55,57,60,75H,7-9,12,14-16,19,21-26,29,32-34,36H2,1-6H3,(H,69,76)(H,70,79)(H,77,78)(H,80,81)(H,85,86)(H,87,88)(H2,65,67,68)(H2,82,83,84)/t40?,47?,48?,50?,52?,55-,57-,60?/m1/s1. The van der Waals surface area contributed by atoms with E-state index in [9.17, 15) is 67.6 Å². The molecular formula is C64H85N8O21P3S2. The summed E-state index contributed by atoms with van der Waals surface area (Å²) in [6.07, 6.45) is 5.30. The number of Topliss-reactive ketones (excluding diaryl/α,β-unsaturated/α-hetero) is 2. The molecule has 0 spiro atoms. The largest absolute Gasteiger partial charge is 0.490 e. The number of amides is 2. The number of phosphoric acid groups is 3. The van der Waals surface area contributed by atoms with Gasteiger partial charge in [0.25, 0.3) is 0 Å². The van der Waals surface area contributed by atoms with Gasteiger partial charge in [-0.05, 0) is 100 Å². The molecule has 534 valence electrons. The van der Waals surface area contributed by atoms with Gasteiger partial charge in [0, 0.05) is 92.8 Å². The third-order valence-electron chi connectivity index (χ3n) is 16.5. The molecule has 11 N–H and O–H groups in total. The summed E-state index contributed by atoms with van der Waals surface area (Å²) < 4.78 is 61.2. The van der Waals surface area contributed by atoms with Crippen molar-refractivity contribution in [2.75, 3.05) is 44.0 Å². The van der Waals surface area contributed by atoms with Crippen LogP contribution < -0.4 is 21.1 Å². The molecule has 98 heavy (non-hydrogen) atoms. The van der Waals surface area contributed by atoms with Gasteiger partial charge >= 0.3 is 35.4 Å². The zero-order valence-electron chi connectivity index (χ0n) is 55.1. The minimum atomic E-state index is -5.79. The number of rotatable bonds is 38. The maximum Gasteiger partial charge on any atom is 0.490 e. The third-order valence-corrected chi connectivity index (χ3v) is 22.8. The summed E-state index contributed by atoms with van der Waals surface area (Å²) in [6.45, 7) is 10.8.